The molecule has 0 unspecified atom stereocenters. The zero-order valence-corrected chi connectivity index (χ0v) is 34.7. The Labute approximate surface area is 339 Å². The number of rotatable bonds is 8. The fraction of sp³-hybridized carbons (Fsp3) is 0.650. The van der Waals surface area contributed by atoms with Crippen molar-refractivity contribution in [3.8, 4) is 5.75 Å². The van der Waals surface area contributed by atoms with Gasteiger partial charge >= 0.3 is 5.97 Å². The van der Waals surface area contributed by atoms with E-state index in [1.807, 2.05) is 0 Å². The van der Waals surface area contributed by atoms with E-state index in [2.05, 4.69) is 26.6 Å². The molecule has 18 heteroatoms. The third-order valence-corrected chi connectivity index (χ3v) is 10.0. The first-order valence-electron chi connectivity index (χ1n) is 19.7. The molecule has 0 aliphatic carbocycles. The summed E-state index contributed by atoms with van der Waals surface area (Å²) in [4.78, 5) is 112. The number of aliphatic hydroxyl groups is 1. The zero-order chi connectivity index (χ0) is 43.6. The van der Waals surface area contributed by atoms with Crippen molar-refractivity contribution in [2.75, 3.05) is 20.1 Å². The second-order valence-electron chi connectivity index (χ2n) is 17.0. The molecule has 2 heterocycles. The van der Waals surface area contributed by atoms with Gasteiger partial charge in [-0.05, 0) is 84.0 Å². The molecule has 0 aromatic heterocycles. The quantitative estimate of drug-likeness (QED) is 0.167. The van der Waals surface area contributed by atoms with Crippen LogP contribution in [0.2, 0.25) is 0 Å². The first-order chi connectivity index (χ1) is 27.0. The third kappa shape index (κ3) is 13.8. The Hall–Kier alpha value is -5.10. The van der Waals surface area contributed by atoms with E-state index in [-0.39, 0.29) is 43.9 Å². The number of hydrogen-bond acceptors (Lipinski definition) is 11. The number of benzene rings is 1. The molecule has 2 saturated heterocycles. The van der Waals surface area contributed by atoms with Crippen molar-refractivity contribution >= 4 is 47.2 Å². The molecular weight excluding hydrogens is 754 g/mol. The minimum atomic E-state index is -1.71. The van der Waals surface area contributed by atoms with Gasteiger partial charge in [-0.25, -0.2) is 0 Å². The highest BCUT2D eigenvalue weighted by molar-refractivity contribution is 5.97. The standard InChI is InChI=1S/C40H61N7O11/c1-21(2)16-25-18-27(50)20-46(8)39(58)29(17-24-11-13-26(49)14-12-24)43-36(55)30-10-9-15-47(30)33(38(57)45-40(5,6)7)22(3)41-37(56)32(23(4)48)44-35(54)28(19-31(51)52)42-34(25)53/h11-14,21-23,25,28-30,32-33,48-49H,9-10,15-20H2,1-8H3,(H,41,56)(H,42,53)(H,43,55)(H,44,54)(H,45,57)(H,51,52)/t22-,23+,25+,28-,29-,30-,32-,33+/m0/s1. The van der Waals surface area contributed by atoms with Crippen LogP contribution >= 0.6 is 0 Å². The highest BCUT2D eigenvalue weighted by Gasteiger charge is 2.44. The predicted octanol–water partition coefficient (Wildman–Crippen LogP) is -0.409. The number of phenols is 1. The molecule has 1 aromatic rings. The summed E-state index contributed by atoms with van der Waals surface area (Å²) in [5, 5.41) is 43.4. The van der Waals surface area contributed by atoms with Crippen LogP contribution in [0.4, 0.5) is 0 Å². The summed E-state index contributed by atoms with van der Waals surface area (Å²) in [7, 11) is 1.38. The summed E-state index contributed by atoms with van der Waals surface area (Å²) in [6.45, 7) is 11.4. The molecule has 0 spiro atoms. The highest BCUT2D eigenvalue weighted by Crippen LogP contribution is 2.24. The molecule has 1 aromatic carbocycles. The first kappa shape index (κ1) is 47.3. The van der Waals surface area contributed by atoms with Gasteiger partial charge in [-0.2, -0.15) is 0 Å². The van der Waals surface area contributed by atoms with Crippen LogP contribution in [0.5, 0.6) is 5.75 Å². The highest BCUT2D eigenvalue weighted by atomic mass is 16.4. The number of nitrogens with one attached hydrogen (secondary N) is 5. The van der Waals surface area contributed by atoms with Crippen LogP contribution in [0.1, 0.15) is 86.1 Å². The molecule has 2 aliphatic rings. The van der Waals surface area contributed by atoms with Gasteiger partial charge in [0.25, 0.3) is 0 Å². The number of Topliss-reactive ketones (excluding diaryl/α,β-unsaturated/α-hetero) is 1. The van der Waals surface area contributed by atoms with Crippen molar-refractivity contribution in [1.29, 1.82) is 0 Å². The monoisotopic (exact) mass is 815 g/mol. The molecule has 18 nitrogen and oxygen atoms in total. The molecule has 0 bridgehead atoms. The maximum atomic E-state index is 14.3. The van der Waals surface area contributed by atoms with Crippen molar-refractivity contribution in [1.82, 2.24) is 36.4 Å². The van der Waals surface area contributed by atoms with E-state index in [4.69, 9.17) is 0 Å². The molecule has 322 valence electrons. The van der Waals surface area contributed by atoms with Gasteiger partial charge in [-0.3, -0.25) is 43.3 Å². The number of hydrogen-bond donors (Lipinski definition) is 8. The maximum absolute atomic E-state index is 14.3. The number of amides is 6. The van der Waals surface area contributed by atoms with Crippen LogP contribution in [0.15, 0.2) is 24.3 Å². The number of ketones is 1. The Morgan fingerprint density at radius 3 is 2.09 bits per heavy atom. The fourth-order valence-corrected chi connectivity index (χ4v) is 7.37. The van der Waals surface area contributed by atoms with Gasteiger partial charge in [0.1, 0.15) is 29.9 Å². The van der Waals surface area contributed by atoms with Crippen molar-refractivity contribution in [2.45, 2.75) is 135 Å². The first-order valence-corrected chi connectivity index (χ1v) is 19.7. The number of phenolic OH excluding ortho intramolecular Hbond substituents is 1. The lowest BCUT2D eigenvalue weighted by Gasteiger charge is -2.38. The largest absolute Gasteiger partial charge is 0.508 e. The van der Waals surface area contributed by atoms with Crippen molar-refractivity contribution < 1.29 is 53.7 Å². The zero-order valence-electron chi connectivity index (χ0n) is 34.7. The normalized spacial score (nSPS) is 27.1. The number of aliphatic carboxylic acids is 1. The number of nitrogens with zero attached hydrogens (tertiary/aromatic N) is 2. The Kier molecular flexibility index (Phi) is 16.7. The van der Waals surface area contributed by atoms with E-state index in [1.54, 1.807) is 51.7 Å². The van der Waals surface area contributed by atoms with Gasteiger partial charge in [0, 0.05) is 31.3 Å². The molecule has 3 rings (SSSR count). The second kappa shape index (κ2) is 20.5. The van der Waals surface area contributed by atoms with Gasteiger partial charge in [0.15, 0.2) is 5.78 Å². The lowest BCUT2D eigenvalue weighted by Crippen LogP contribution is -2.65. The molecule has 58 heavy (non-hydrogen) atoms. The van der Waals surface area contributed by atoms with Crippen LogP contribution < -0.4 is 26.6 Å². The molecule has 2 aliphatic heterocycles. The number of aromatic hydroxyl groups is 1. The minimum absolute atomic E-state index is 0.00897. The Bertz CT molecular complexity index is 1680. The number of likely N-dealkylation sites (N-methyl/N-ethyl adjacent to an activating group) is 1. The van der Waals surface area contributed by atoms with Crippen LogP contribution in [-0.2, 0) is 44.8 Å². The number of aliphatic hydroxyl groups excluding tert-OH is 1. The van der Waals surface area contributed by atoms with E-state index < -0.39 is 114 Å². The molecule has 0 radical (unpaired) electrons. The Morgan fingerprint density at radius 2 is 1.52 bits per heavy atom. The Balaban J connectivity index is 2.15. The Morgan fingerprint density at radius 1 is 0.897 bits per heavy atom. The topological polar surface area (TPSA) is 264 Å². The van der Waals surface area contributed by atoms with E-state index in [9.17, 15) is 53.7 Å². The number of carboxylic acid groups (broad SMARTS) is 1. The number of carbonyl (C=O) groups is 8. The predicted molar refractivity (Wildman–Crippen MR) is 211 cm³/mol. The molecule has 8 N–H and O–H groups in total. The van der Waals surface area contributed by atoms with Gasteiger partial charge in [0.2, 0.25) is 35.4 Å². The minimum Gasteiger partial charge on any atom is -0.508 e. The maximum Gasteiger partial charge on any atom is 0.305 e. The van der Waals surface area contributed by atoms with Gasteiger partial charge in [0.05, 0.1) is 31.2 Å². The van der Waals surface area contributed by atoms with E-state index >= 15 is 0 Å². The SMILES string of the molecule is CC(C)C[C@@H]1CC(=O)CN(C)C(=O)[C@H](Cc2ccc(O)cc2)NC(=O)[C@@H]2CCCN2[C@@H](C(=O)NC(C)(C)C)[C@H](C)NC(=O)[C@H]([C@@H](C)O)NC(=O)[C@H](CC(=O)O)NC1=O. The average molecular weight is 816 g/mol. The average Bonchev–Trinajstić information content (AvgIpc) is 3.57. The summed E-state index contributed by atoms with van der Waals surface area (Å²) >= 11 is 0. The third-order valence-electron chi connectivity index (χ3n) is 10.0. The van der Waals surface area contributed by atoms with Crippen molar-refractivity contribution in [3.63, 3.8) is 0 Å². The number of carbonyl (C=O) groups excluding carboxylic acids is 7. The number of fused-ring (bicyclic) bond motifs is 1. The van der Waals surface area contributed by atoms with Crippen LogP contribution in [0, 0.1) is 11.8 Å². The molecular formula is C40H61N7O11. The van der Waals surface area contributed by atoms with Crippen LogP contribution in [0.3, 0.4) is 0 Å². The van der Waals surface area contributed by atoms with Crippen LogP contribution in [-0.4, -0.2) is 140 Å². The van der Waals surface area contributed by atoms with E-state index in [0.29, 0.717) is 12.0 Å². The van der Waals surface area contributed by atoms with Crippen molar-refractivity contribution in [2.24, 2.45) is 11.8 Å². The summed E-state index contributed by atoms with van der Waals surface area (Å²) in [5.74, 6) is -7.71. The smallest absolute Gasteiger partial charge is 0.305 e. The summed E-state index contributed by atoms with van der Waals surface area (Å²) in [6.07, 6.45) is -1.90. The summed E-state index contributed by atoms with van der Waals surface area (Å²) in [6, 6.07) is -1.73. The molecule has 8 atom stereocenters. The van der Waals surface area contributed by atoms with E-state index in [0.717, 1.165) is 4.90 Å². The van der Waals surface area contributed by atoms with Crippen LogP contribution in [0.25, 0.3) is 0 Å². The molecule has 0 saturated carbocycles. The van der Waals surface area contributed by atoms with Gasteiger partial charge in [-0.15, -0.1) is 0 Å². The van der Waals surface area contributed by atoms with Crippen molar-refractivity contribution in [3.05, 3.63) is 29.8 Å². The summed E-state index contributed by atoms with van der Waals surface area (Å²) < 4.78 is 0. The number of carboxylic acids is 1. The fourth-order valence-electron chi connectivity index (χ4n) is 7.37. The second-order valence-corrected chi connectivity index (χ2v) is 17.0. The summed E-state index contributed by atoms with van der Waals surface area (Å²) in [5.41, 5.74) is -0.151. The molecule has 6 amide bonds. The van der Waals surface area contributed by atoms with E-state index in [1.165, 1.54) is 33.0 Å². The lowest BCUT2D eigenvalue weighted by atomic mass is 9.91. The molecule has 2 fully saturated rings. The van der Waals surface area contributed by atoms with Gasteiger partial charge < -0.3 is 46.8 Å². The van der Waals surface area contributed by atoms with Gasteiger partial charge in [-0.1, -0.05) is 26.0 Å². The lowest BCUT2D eigenvalue weighted by molar-refractivity contribution is -0.142.